The van der Waals surface area contributed by atoms with Crippen LogP contribution in [-0.2, 0) is 0 Å². The first-order valence-corrected chi connectivity index (χ1v) is 5.07. The van der Waals surface area contributed by atoms with Crippen molar-refractivity contribution in [2.75, 3.05) is 6.54 Å². The summed E-state index contributed by atoms with van der Waals surface area (Å²) in [6.45, 7) is 3.00. The number of hydrogen-bond acceptors (Lipinski definition) is 1. The number of unbranched alkanes of at least 4 members (excludes halogenated alkanes) is 5. The van der Waals surface area contributed by atoms with Crippen molar-refractivity contribution >= 4 is 0 Å². The van der Waals surface area contributed by atoms with Gasteiger partial charge in [-0.05, 0) is 19.4 Å². The topological polar surface area (TPSA) is 26.0 Å². The summed E-state index contributed by atoms with van der Waals surface area (Å²) >= 11 is 0. The van der Waals surface area contributed by atoms with Crippen molar-refractivity contribution in [3.63, 3.8) is 0 Å². The highest BCUT2D eigenvalue weighted by Gasteiger charge is 1.83. The molecule has 0 atom stereocenters. The van der Waals surface area contributed by atoms with Crippen molar-refractivity contribution in [1.29, 1.82) is 0 Å². The van der Waals surface area contributed by atoms with E-state index in [1.807, 2.05) is 0 Å². The van der Waals surface area contributed by atoms with Gasteiger partial charge in [-0.3, -0.25) is 0 Å². The van der Waals surface area contributed by atoms with Crippen LogP contribution in [0.2, 0.25) is 0 Å². The van der Waals surface area contributed by atoms with Gasteiger partial charge < -0.3 is 5.73 Å². The number of hydrogen-bond donors (Lipinski definition) is 1. The van der Waals surface area contributed by atoms with E-state index in [1.54, 1.807) is 0 Å². The molecule has 0 rings (SSSR count). The Hall–Kier alpha value is -0.480. The van der Waals surface area contributed by atoms with Crippen LogP contribution in [0.3, 0.4) is 0 Å². The van der Waals surface area contributed by atoms with Crippen LogP contribution in [0.4, 0.5) is 0 Å². The Kier molecular flexibility index (Phi) is 10.1. The summed E-state index contributed by atoms with van der Waals surface area (Å²) in [5.74, 6) is 6.31. The highest BCUT2D eigenvalue weighted by atomic mass is 14.5. The fourth-order valence-electron chi connectivity index (χ4n) is 1.01. The van der Waals surface area contributed by atoms with Gasteiger partial charge in [0, 0.05) is 12.8 Å². The Morgan fingerprint density at radius 2 is 1.58 bits per heavy atom. The lowest BCUT2D eigenvalue weighted by Crippen LogP contribution is -1.96. The van der Waals surface area contributed by atoms with Gasteiger partial charge in [0.25, 0.3) is 0 Å². The minimum atomic E-state index is 0.768. The molecule has 1 nitrogen and oxygen atoms in total. The maximum absolute atomic E-state index is 5.34. The molecule has 0 saturated carbocycles. The smallest absolute Gasteiger partial charge is 0.0101 e. The standard InChI is InChI=1S/C11H21N/c1-2-3-4-5-6-7-8-9-10-11-12/h2-6,9-12H2,1H3. The zero-order valence-corrected chi connectivity index (χ0v) is 8.23. The van der Waals surface area contributed by atoms with Crippen LogP contribution in [0.5, 0.6) is 0 Å². The van der Waals surface area contributed by atoms with E-state index in [-0.39, 0.29) is 0 Å². The summed E-state index contributed by atoms with van der Waals surface area (Å²) in [4.78, 5) is 0. The third-order valence-corrected chi connectivity index (χ3v) is 1.79. The molecule has 0 fully saturated rings. The average molecular weight is 167 g/mol. The van der Waals surface area contributed by atoms with E-state index in [9.17, 15) is 0 Å². The lowest BCUT2D eigenvalue weighted by Gasteiger charge is -1.91. The zero-order chi connectivity index (χ0) is 9.07. The van der Waals surface area contributed by atoms with Gasteiger partial charge >= 0.3 is 0 Å². The summed E-state index contributed by atoms with van der Waals surface area (Å²) in [6.07, 6.45) is 8.35. The second-order valence-corrected chi connectivity index (χ2v) is 3.06. The normalized spacial score (nSPS) is 9.17. The Morgan fingerprint density at radius 3 is 2.17 bits per heavy atom. The minimum absolute atomic E-state index is 0.768. The van der Waals surface area contributed by atoms with Gasteiger partial charge in [-0.2, -0.15) is 0 Å². The van der Waals surface area contributed by atoms with Gasteiger partial charge in [0.2, 0.25) is 0 Å². The quantitative estimate of drug-likeness (QED) is 0.477. The van der Waals surface area contributed by atoms with Crippen molar-refractivity contribution in [3.8, 4) is 11.8 Å². The van der Waals surface area contributed by atoms with E-state index >= 15 is 0 Å². The van der Waals surface area contributed by atoms with Crippen LogP contribution in [0.1, 0.15) is 51.9 Å². The highest BCUT2D eigenvalue weighted by Crippen LogP contribution is 2.00. The van der Waals surface area contributed by atoms with Gasteiger partial charge in [-0.25, -0.2) is 0 Å². The molecule has 0 aliphatic carbocycles. The monoisotopic (exact) mass is 167 g/mol. The van der Waals surface area contributed by atoms with Crippen LogP contribution in [-0.4, -0.2) is 6.54 Å². The lowest BCUT2D eigenvalue weighted by atomic mass is 10.1. The molecule has 0 saturated heterocycles. The summed E-state index contributed by atoms with van der Waals surface area (Å²) in [6, 6.07) is 0. The fraction of sp³-hybridized carbons (Fsp3) is 0.818. The van der Waals surface area contributed by atoms with Crippen LogP contribution in [0.15, 0.2) is 0 Å². The van der Waals surface area contributed by atoms with Crippen molar-refractivity contribution in [2.45, 2.75) is 51.9 Å². The molecule has 0 bridgehead atoms. The molecule has 0 aromatic rings. The Balaban J connectivity index is 2.99. The first-order chi connectivity index (χ1) is 5.91. The zero-order valence-electron chi connectivity index (χ0n) is 8.23. The predicted molar refractivity (Wildman–Crippen MR) is 54.8 cm³/mol. The maximum atomic E-state index is 5.34. The van der Waals surface area contributed by atoms with Gasteiger partial charge in [-0.15, -0.1) is 11.8 Å². The van der Waals surface area contributed by atoms with Crippen LogP contribution < -0.4 is 5.73 Å². The first kappa shape index (κ1) is 11.5. The molecule has 0 aromatic carbocycles. The molecular formula is C11H21N. The molecule has 1 heteroatoms. The van der Waals surface area contributed by atoms with Gasteiger partial charge in [0.1, 0.15) is 0 Å². The molecule has 0 radical (unpaired) electrons. The molecule has 2 N–H and O–H groups in total. The van der Waals surface area contributed by atoms with E-state index in [0.29, 0.717) is 0 Å². The lowest BCUT2D eigenvalue weighted by molar-refractivity contribution is 0.679. The van der Waals surface area contributed by atoms with Crippen molar-refractivity contribution in [1.82, 2.24) is 0 Å². The van der Waals surface area contributed by atoms with Crippen LogP contribution in [0.25, 0.3) is 0 Å². The molecule has 0 unspecified atom stereocenters. The third-order valence-electron chi connectivity index (χ3n) is 1.79. The number of rotatable bonds is 6. The summed E-state index contributed by atoms with van der Waals surface area (Å²) in [5.41, 5.74) is 5.34. The highest BCUT2D eigenvalue weighted by molar-refractivity contribution is 4.98. The summed E-state index contributed by atoms with van der Waals surface area (Å²) < 4.78 is 0. The SMILES string of the molecule is CCCCCCC#CCCCN. The second-order valence-electron chi connectivity index (χ2n) is 3.06. The van der Waals surface area contributed by atoms with Crippen molar-refractivity contribution in [3.05, 3.63) is 0 Å². The van der Waals surface area contributed by atoms with E-state index < -0.39 is 0 Å². The minimum Gasteiger partial charge on any atom is -0.330 e. The second kappa shape index (κ2) is 10.5. The molecule has 0 heterocycles. The summed E-state index contributed by atoms with van der Waals surface area (Å²) in [7, 11) is 0. The molecule has 0 amide bonds. The predicted octanol–water partition coefficient (Wildman–Crippen LogP) is 2.70. The Bertz CT molecular complexity index is 130. The van der Waals surface area contributed by atoms with E-state index in [4.69, 9.17) is 5.73 Å². The molecule has 12 heavy (non-hydrogen) atoms. The third kappa shape index (κ3) is 9.52. The van der Waals surface area contributed by atoms with Gasteiger partial charge in [0.05, 0.1) is 0 Å². The Labute approximate surface area is 76.7 Å². The molecule has 0 aliphatic heterocycles. The number of nitrogens with two attached hydrogens (primary N) is 1. The molecule has 0 aromatic heterocycles. The van der Waals surface area contributed by atoms with E-state index in [2.05, 4.69) is 18.8 Å². The molecular weight excluding hydrogens is 146 g/mol. The summed E-state index contributed by atoms with van der Waals surface area (Å²) in [5, 5.41) is 0. The fourth-order valence-corrected chi connectivity index (χ4v) is 1.01. The average Bonchev–Trinajstić information content (AvgIpc) is 2.10. The van der Waals surface area contributed by atoms with E-state index in [0.717, 1.165) is 25.8 Å². The molecule has 0 aliphatic rings. The van der Waals surface area contributed by atoms with Crippen LogP contribution >= 0.6 is 0 Å². The molecule has 0 spiro atoms. The maximum Gasteiger partial charge on any atom is 0.0101 e. The van der Waals surface area contributed by atoms with Crippen molar-refractivity contribution < 1.29 is 0 Å². The first-order valence-electron chi connectivity index (χ1n) is 5.07. The van der Waals surface area contributed by atoms with Gasteiger partial charge in [0.15, 0.2) is 0 Å². The molecule has 70 valence electrons. The Morgan fingerprint density at radius 1 is 0.917 bits per heavy atom. The van der Waals surface area contributed by atoms with Crippen LogP contribution in [0, 0.1) is 11.8 Å². The van der Waals surface area contributed by atoms with E-state index in [1.165, 1.54) is 25.7 Å². The van der Waals surface area contributed by atoms with Gasteiger partial charge in [-0.1, -0.05) is 26.2 Å². The largest absolute Gasteiger partial charge is 0.330 e. The van der Waals surface area contributed by atoms with Crippen molar-refractivity contribution in [2.24, 2.45) is 5.73 Å².